The summed E-state index contributed by atoms with van der Waals surface area (Å²) in [6.45, 7) is 7.05. The maximum atomic E-state index is 12.9. The van der Waals surface area contributed by atoms with Crippen LogP contribution >= 0.6 is 0 Å². The highest BCUT2D eigenvalue weighted by Gasteiger charge is 2.31. The van der Waals surface area contributed by atoms with Crippen molar-refractivity contribution in [2.75, 3.05) is 13.1 Å². The van der Waals surface area contributed by atoms with Crippen LogP contribution in [0.15, 0.2) is 54.6 Å². The zero-order chi connectivity index (χ0) is 22.7. The lowest BCUT2D eigenvalue weighted by Crippen LogP contribution is -2.38. The lowest BCUT2D eigenvalue weighted by atomic mass is 9.87. The first-order chi connectivity index (χ1) is 15.3. The summed E-state index contributed by atoms with van der Waals surface area (Å²) in [5.74, 6) is -0.180. The van der Waals surface area contributed by atoms with Crippen molar-refractivity contribution >= 4 is 23.0 Å². The van der Waals surface area contributed by atoms with E-state index in [9.17, 15) is 9.59 Å². The van der Waals surface area contributed by atoms with Crippen LogP contribution in [0.2, 0.25) is 0 Å². The first kappa shape index (κ1) is 21.9. The Morgan fingerprint density at radius 1 is 1.00 bits per heavy atom. The van der Waals surface area contributed by atoms with E-state index in [4.69, 9.17) is 9.47 Å². The minimum atomic E-state index is -0.572. The molecular weight excluding hydrogens is 404 g/mol. The van der Waals surface area contributed by atoms with Gasteiger partial charge in [0, 0.05) is 24.0 Å². The van der Waals surface area contributed by atoms with Crippen molar-refractivity contribution < 1.29 is 19.1 Å². The molecule has 1 saturated heterocycles. The summed E-state index contributed by atoms with van der Waals surface area (Å²) in [4.78, 5) is 30.5. The van der Waals surface area contributed by atoms with E-state index in [-0.39, 0.29) is 24.6 Å². The van der Waals surface area contributed by atoms with Gasteiger partial charge in [0.2, 0.25) is 0 Å². The van der Waals surface area contributed by atoms with E-state index in [1.807, 2.05) is 75.4 Å². The summed E-state index contributed by atoms with van der Waals surface area (Å²) in [6.07, 6.45) is 1.23. The number of hydrogen-bond acceptors (Lipinski definition) is 4. The van der Waals surface area contributed by atoms with Gasteiger partial charge < -0.3 is 19.4 Å². The van der Waals surface area contributed by atoms with Crippen molar-refractivity contribution in [3.63, 3.8) is 0 Å². The number of aromatic nitrogens is 1. The van der Waals surface area contributed by atoms with Crippen molar-refractivity contribution in [3.8, 4) is 0 Å². The smallest absolute Gasteiger partial charge is 0.410 e. The molecule has 3 aromatic rings. The van der Waals surface area contributed by atoms with Crippen molar-refractivity contribution in [1.29, 1.82) is 0 Å². The number of ether oxygens (including phenoxy) is 2. The third-order valence-electron chi connectivity index (χ3n) is 5.72. The Hall–Kier alpha value is -3.28. The number of aromatic amines is 1. The number of amides is 1. The topological polar surface area (TPSA) is 71.6 Å². The number of H-pyrrole nitrogens is 1. The van der Waals surface area contributed by atoms with Crippen molar-refractivity contribution in [1.82, 2.24) is 9.88 Å². The molecular formula is C26H30N2O4. The Kier molecular flexibility index (Phi) is 6.21. The van der Waals surface area contributed by atoms with Gasteiger partial charge in [0.25, 0.3) is 0 Å². The molecule has 0 bridgehead atoms. The fraction of sp³-hybridized carbons (Fsp3) is 0.385. The number of fused-ring (bicyclic) bond motifs is 1. The number of nitrogens with one attached hydrogen (secondary N) is 1. The zero-order valence-electron chi connectivity index (χ0n) is 18.9. The molecule has 1 aromatic heterocycles. The number of rotatable bonds is 4. The van der Waals surface area contributed by atoms with Crippen LogP contribution in [0.25, 0.3) is 10.9 Å². The lowest BCUT2D eigenvalue weighted by molar-refractivity contribution is 0.00612. The molecule has 1 N–H and O–H groups in total. The molecule has 6 heteroatoms. The van der Waals surface area contributed by atoms with Crippen LogP contribution in [0.3, 0.4) is 0 Å². The maximum Gasteiger partial charge on any atom is 0.410 e. The Balaban J connectivity index is 1.47. The molecule has 1 aliphatic heterocycles. The predicted octanol–water partition coefficient (Wildman–Crippen LogP) is 5.64. The minimum Gasteiger partial charge on any atom is -0.455 e. The number of likely N-dealkylation sites (tertiary alicyclic amines) is 1. The second kappa shape index (κ2) is 9.07. The molecule has 4 rings (SSSR count). The highest BCUT2D eigenvalue weighted by atomic mass is 16.6. The third kappa shape index (κ3) is 4.96. The third-order valence-corrected chi connectivity index (χ3v) is 5.72. The molecule has 0 radical (unpaired) electrons. The zero-order valence-corrected chi connectivity index (χ0v) is 18.9. The standard InChI is InChI=1S/C26H30N2O4/c1-26(2,3)32-24(29)23-22(20-11-7-8-12-21(20)27-23)19-13-15-28(16-14-19)25(30)31-17-18-9-5-4-6-10-18/h4-12,19,27H,13-17H2,1-3H3. The van der Waals surface area contributed by atoms with Crippen LogP contribution in [0.4, 0.5) is 4.79 Å². The van der Waals surface area contributed by atoms with E-state index in [0.717, 1.165) is 34.9 Å². The molecule has 0 atom stereocenters. The molecule has 0 saturated carbocycles. The average molecular weight is 435 g/mol. The second-order valence-corrected chi connectivity index (χ2v) is 9.26. The molecule has 168 valence electrons. The number of nitrogens with zero attached hydrogens (tertiary/aromatic N) is 1. The van der Waals surface area contributed by atoms with Crippen LogP contribution in [-0.2, 0) is 16.1 Å². The number of para-hydroxylation sites is 1. The molecule has 0 spiro atoms. The summed E-state index contributed by atoms with van der Waals surface area (Å²) in [5, 5.41) is 1.04. The quantitative estimate of drug-likeness (QED) is 0.540. The molecule has 1 fully saturated rings. The lowest BCUT2D eigenvalue weighted by Gasteiger charge is -2.32. The highest BCUT2D eigenvalue weighted by Crippen LogP contribution is 2.36. The van der Waals surface area contributed by atoms with Gasteiger partial charge in [0.05, 0.1) is 0 Å². The first-order valence-electron chi connectivity index (χ1n) is 11.1. The summed E-state index contributed by atoms with van der Waals surface area (Å²) in [7, 11) is 0. The Bertz CT molecular complexity index is 1090. The van der Waals surface area contributed by atoms with Gasteiger partial charge in [-0.05, 0) is 56.7 Å². The van der Waals surface area contributed by atoms with Crippen LogP contribution in [-0.4, -0.2) is 40.6 Å². The number of benzene rings is 2. The second-order valence-electron chi connectivity index (χ2n) is 9.26. The predicted molar refractivity (Wildman–Crippen MR) is 124 cm³/mol. The molecule has 2 aromatic carbocycles. The molecule has 6 nitrogen and oxygen atoms in total. The molecule has 2 heterocycles. The van der Waals surface area contributed by atoms with Crippen LogP contribution in [0, 0.1) is 0 Å². The minimum absolute atomic E-state index is 0.159. The van der Waals surface area contributed by atoms with E-state index >= 15 is 0 Å². The van der Waals surface area contributed by atoms with Crippen molar-refractivity contribution in [2.45, 2.75) is 51.7 Å². The molecule has 32 heavy (non-hydrogen) atoms. The first-order valence-corrected chi connectivity index (χ1v) is 11.1. The van der Waals surface area contributed by atoms with E-state index < -0.39 is 5.60 Å². The fourth-order valence-electron chi connectivity index (χ4n) is 4.24. The van der Waals surface area contributed by atoms with Gasteiger partial charge in [-0.1, -0.05) is 48.5 Å². The molecule has 1 aliphatic rings. The van der Waals surface area contributed by atoms with Gasteiger partial charge in [0.1, 0.15) is 17.9 Å². The number of hydrogen-bond donors (Lipinski definition) is 1. The molecule has 0 unspecified atom stereocenters. The number of carbonyl (C=O) groups excluding carboxylic acids is 2. The summed E-state index contributed by atoms with van der Waals surface area (Å²) >= 11 is 0. The van der Waals surface area contributed by atoms with Gasteiger partial charge in [-0.15, -0.1) is 0 Å². The van der Waals surface area contributed by atoms with Gasteiger partial charge in [-0.25, -0.2) is 9.59 Å². The van der Waals surface area contributed by atoms with Gasteiger partial charge >= 0.3 is 12.1 Å². The SMILES string of the molecule is CC(C)(C)OC(=O)c1[nH]c2ccccc2c1C1CCN(C(=O)OCc2ccccc2)CC1. The summed E-state index contributed by atoms with van der Waals surface area (Å²) in [6, 6.07) is 17.6. The van der Waals surface area contributed by atoms with E-state index in [0.29, 0.717) is 18.8 Å². The Morgan fingerprint density at radius 3 is 2.34 bits per heavy atom. The average Bonchev–Trinajstić information content (AvgIpc) is 3.17. The number of carbonyl (C=O) groups is 2. The number of esters is 1. The van der Waals surface area contributed by atoms with Crippen LogP contribution < -0.4 is 0 Å². The number of piperidine rings is 1. The van der Waals surface area contributed by atoms with Gasteiger partial charge in [-0.2, -0.15) is 0 Å². The van der Waals surface area contributed by atoms with Crippen LogP contribution in [0.1, 0.15) is 61.1 Å². The van der Waals surface area contributed by atoms with Crippen LogP contribution in [0.5, 0.6) is 0 Å². The monoisotopic (exact) mass is 434 g/mol. The molecule has 1 amide bonds. The van der Waals surface area contributed by atoms with Gasteiger partial charge in [0.15, 0.2) is 0 Å². The van der Waals surface area contributed by atoms with E-state index in [1.165, 1.54) is 0 Å². The maximum absolute atomic E-state index is 12.9. The van der Waals surface area contributed by atoms with Crippen molar-refractivity contribution in [2.24, 2.45) is 0 Å². The largest absolute Gasteiger partial charge is 0.455 e. The van der Waals surface area contributed by atoms with Crippen molar-refractivity contribution in [3.05, 3.63) is 71.4 Å². The highest BCUT2D eigenvalue weighted by molar-refractivity contribution is 5.99. The molecule has 0 aliphatic carbocycles. The fourth-order valence-corrected chi connectivity index (χ4v) is 4.24. The summed E-state index contributed by atoms with van der Waals surface area (Å²) in [5.41, 5.74) is 2.83. The van der Waals surface area contributed by atoms with E-state index in [1.54, 1.807) is 4.90 Å². The summed E-state index contributed by atoms with van der Waals surface area (Å²) < 4.78 is 11.2. The Labute approximate surface area is 188 Å². The van der Waals surface area contributed by atoms with E-state index in [2.05, 4.69) is 4.98 Å². The normalized spacial score (nSPS) is 15.0. The van der Waals surface area contributed by atoms with Gasteiger partial charge in [-0.3, -0.25) is 0 Å². The Morgan fingerprint density at radius 2 is 1.66 bits per heavy atom.